The van der Waals surface area contributed by atoms with Crippen LogP contribution in [0.25, 0.3) is 0 Å². The van der Waals surface area contributed by atoms with Crippen molar-refractivity contribution in [3.05, 3.63) is 58.1 Å². The van der Waals surface area contributed by atoms with Gasteiger partial charge in [-0.3, -0.25) is 9.59 Å². The average Bonchev–Trinajstić information content (AvgIpc) is 2.56. The molecule has 2 aromatic carbocycles. The fourth-order valence-electron chi connectivity index (χ4n) is 2.79. The fraction of sp³-hybridized carbons (Fsp3) is 0.300. The van der Waals surface area contributed by atoms with Gasteiger partial charge in [-0.15, -0.1) is 11.8 Å². The van der Waals surface area contributed by atoms with Gasteiger partial charge in [-0.2, -0.15) is 0 Å². The average molecular weight is 356 g/mol. The lowest BCUT2D eigenvalue weighted by atomic mass is 10.1. The van der Waals surface area contributed by atoms with E-state index in [1.807, 2.05) is 64.3 Å². The molecule has 25 heavy (non-hydrogen) atoms. The van der Waals surface area contributed by atoms with Crippen molar-refractivity contribution >= 4 is 29.3 Å². The number of carbonyl (C=O) groups is 2. The molecule has 0 aliphatic heterocycles. The Hall–Kier alpha value is -2.27. The van der Waals surface area contributed by atoms with Crippen LogP contribution in [0.4, 0.5) is 5.69 Å². The number of carbonyl (C=O) groups excluding carboxylic acids is 2. The quantitative estimate of drug-likeness (QED) is 0.796. The van der Waals surface area contributed by atoms with Crippen molar-refractivity contribution in [3.63, 3.8) is 0 Å². The van der Waals surface area contributed by atoms with E-state index in [9.17, 15) is 9.59 Å². The number of anilines is 1. The molecule has 0 unspecified atom stereocenters. The van der Waals surface area contributed by atoms with Gasteiger partial charge < -0.3 is 10.6 Å². The predicted octanol–water partition coefficient (Wildman–Crippen LogP) is 4.01. The number of amides is 2. The van der Waals surface area contributed by atoms with Gasteiger partial charge in [0.15, 0.2) is 0 Å². The summed E-state index contributed by atoms with van der Waals surface area (Å²) in [6.45, 7) is 7.78. The van der Waals surface area contributed by atoms with Gasteiger partial charge in [0, 0.05) is 16.1 Å². The van der Waals surface area contributed by atoms with E-state index in [4.69, 9.17) is 0 Å². The fourth-order valence-corrected chi connectivity index (χ4v) is 3.23. The zero-order chi connectivity index (χ0) is 18.6. The minimum absolute atomic E-state index is 0.0610. The van der Waals surface area contributed by atoms with E-state index in [-0.39, 0.29) is 18.4 Å². The maximum absolute atomic E-state index is 12.4. The molecule has 2 rings (SSSR count). The first-order valence-corrected chi connectivity index (χ1v) is 9.35. The summed E-state index contributed by atoms with van der Waals surface area (Å²) in [5.74, 6) is -0.469. The van der Waals surface area contributed by atoms with E-state index in [1.54, 1.807) is 11.8 Å². The lowest BCUT2D eigenvalue weighted by molar-refractivity contribution is -0.115. The second-order valence-electron chi connectivity index (χ2n) is 6.19. The summed E-state index contributed by atoms with van der Waals surface area (Å²) in [6, 6.07) is 9.80. The third kappa shape index (κ3) is 4.86. The highest BCUT2D eigenvalue weighted by Gasteiger charge is 2.13. The lowest BCUT2D eigenvalue weighted by Crippen LogP contribution is -2.33. The normalized spacial score (nSPS) is 10.4. The summed E-state index contributed by atoms with van der Waals surface area (Å²) in [7, 11) is 0. The van der Waals surface area contributed by atoms with E-state index in [1.165, 1.54) is 0 Å². The van der Waals surface area contributed by atoms with Crippen LogP contribution in [0, 0.1) is 27.7 Å². The molecule has 0 saturated carbocycles. The largest absolute Gasteiger partial charge is 0.343 e. The van der Waals surface area contributed by atoms with Crippen molar-refractivity contribution in [2.75, 3.05) is 18.1 Å². The summed E-state index contributed by atoms with van der Waals surface area (Å²) in [6.07, 6.45) is 1.96. The Balaban J connectivity index is 2.02. The molecule has 0 aliphatic rings. The van der Waals surface area contributed by atoms with Gasteiger partial charge in [0.25, 0.3) is 5.91 Å². The number of rotatable bonds is 5. The van der Waals surface area contributed by atoms with Gasteiger partial charge in [-0.1, -0.05) is 23.8 Å². The maximum Gasteiger partial charge on any atom is 0.252 e. The summed E-state index contributed by atoms with van der Waals surface area (Å²) >= 11 is 1.58. The summed E-state index contributed by atoms with van der Waals surface area (Å²) in [4.78, 5) is 25.6. The summed E-state index contributed by atoms with van der Waals surface area (Å²) in [5.41, 5.74) is 5.49. The molecule has 0 atom stereocenters. The van der Waals surface area contributed by atoms with E-state index in [0.29, 0.717) is 5.56 Å². The molecule has 2 N–H and O–H groups in total. The SMILES string of the molecule is CSc1ccc(C)c(C(=O)NCC(=O)Nc2c(C)cc(C)cc2C)c1. The Morgan fingerprint density at radius 2 is 1.60 bits per heavy atom. The smallest absolute Gasteiger partial charge is 0.252 e. The number of hydrogen-bond acceptors (Lipinski definition) is 3. The van der Waals surface area contributed by atoms with Crippen LogP contribution in [-0.2, 0) is 4.79 Å². The Morgan fingerprint density at radius 1 is 0.960 bits per heavy atom. The second-order valence-corrected chi connectivity index (χ2v) is 7.07. The highest BCUT2D eigenvalue weighted by Crippen LogP contribution is 2.22. The highest BCUT2D eigenvalue weighted by atomic mass is 32.2. The Bertz CT molecular complexity index is 792. The minimum Gasteiger partial charge on any atom is -0.343 e. The molecule has 0 fully saturated rings. The van der Waals surface area contributed by atoms with Crippen LogP contribution in [0.5, 0.6) is 0 Å². The Labute approximate surface area is 153 Å². The van der Waals surface area contributed by atoms with Crippen molar-refractivity contribution in [1.82, 2.24) is 5.32 Å². The van der Waals surface area contributed by atoms with Crippen molar-refractivity contribution in [3.8, 4) is 0 Å². The van der Waals surface area contributed by atoms with Gasteiger partial charge in [-0.25, -0.2) is 0 Å². The van der Waals surface area contributed by atoms with E-state index in [0.717, 1.165) is 32.8 Å². The standard InChI is InChI=1S/C20H24N2O2S/c1-12-8-14(3)19(15(4)9-12)22-18(23)11-21-20(24)17-10-16(25-5)7-6-13(17)2/h6-10H,11H2,1-5H3,(H,21,24)(H,22,23). The molecule has 2 amide bonds. The van der Waals surface area contributed by atoms with Crippen LogP contribution in [0.2, 0.25) is 0 Å². The molecule has 0 spiro atoms. The zero-order valence-corrected chi connectivity index (χ0v) is 16.1. The maximum atomic E-state index is 12.4. The van der Waals surface area contributed by atoms with Crippen molar-refractivity contribution in [2.45, 2.75) is 32.6 Å². The van der Waals surface area contributed by atoms with Crippen molar-refractivity contribution < 1.29 is 9.59 Å². The van der Waals surface area contributed by atoms with Crippen LogP contribution in [-0.4, -0.2) is 24.6 Å². The first kappa shape index (κ1) is 19.1. The molecular formula is C20H24N2O2S. The third-order valence-corrected chi connectivity index (χ3v) is 4.77. The number of hydrogen-bond donors (Lipinski definition) is 2. The summed E-state index contributed by atoms with van der Waals surface area (Å²) < 4.78 is 0. The van der Waals surface area contributed by atoms with Gasteiger partial charge in [0.05, 0.1) is 6.54 Å². The molecule has 4 nitrogen and oxygen atoms in total. The van der Waals surface area contributed by atoms with Gasteiger partial charge >= 0.3 is 0 Å². The Kier molecular flexibility index (Phi) is 6.26. The predicted molar refractivity (Wildman–Crippen MR) is 105 cm³/mol. The minimum atomic E-state index is -0.235. The molecule has 0 saturated heterocycles. The number of benzene rings is 2. The first-order chi connectivity index (χ1) is 11.8. The lowest BCUT2D eigenvalue weighted by Gasteiger charge is -2.13. The van der Waals surface area contributed by atoms with Crippen molar-refractivity contribution in [1.29, 1.82) is 0 Å². The number of nitrogens with one attached hydrogen (secondary N) is 2. The Morgan fingerprint density at radius 3 is 2.20 bits per heavy atom. The molecule has 5 heteroatoms. The summed E-state index contributed by atoms with van der Waals surface area (Å²) in [5, 5.41) is 5.59. The van der Waals surface area contributed by atoms with Crippen LogP contribution >= 0.6 is 11.8 Å². The van der Waals surface area contributed by atoms with Gasteiger partial charge in [0.2, 0.25) is 5.91 Å². The molecule has 0 bridgehead atoms. The second kappa shape index (κ2) is 8.21. The highest BCUT2D eigenvalue weighted by molar-refractivity contribution is 7.98. The first-order valence-electron chi connectivity index (χ1n) is 8.12. The van der Waals surface area contributed by atoms with E-state index >= 15 is 0 Å². The zero-order valence-electron chi connectivity index (χ0n) is 15.3. The number of thioether (sulfide) groups is 1. The topological polar surface area (TPSA) is 58.2 Å². The monoisotopic (exact) mass is 356 g/mol. The van der Waals surface area contributed by atoms with Gasteiger partial charge in [0.1, 0.15) is 0 Å². The molecule has 0 heterocycles. The van der Waals surface area contributed by atoms with E-state index < -0.39 is 0 Å². The molecule has 132 valence electrons. The van der Waals surface area contributed by atoms with Crippen molar-refractivity contribution in [2.24, 2.45) is 0 Å². The molecule has 0 aliphatic carbocycles. The molecule has 0 aromatic heterocycles. The van der Waals surface area contributed by atoms with Crippen LogP contribution in [0.15, 0.2) is 35.2 Å². The van der Waals surface area contributed by atoms with Crippen LogP contribution in [0.1, 0.15) is 32.6 Å². The van der Waals surface area contributed by atoms with Crippen LogP contribution < -0.4 is 10.6 Å². The van der Waals surface area contributed by atoms with Crippen LogP contribution in [0.3, 0.4) is 0 Å². The molecule has 0 radical (unpaired) electrons. The van der Waals surface area contributed by atoms with E-state index in [2.05, 4.69) is 10.6 Å². The third-order valence-electron chi connectivity index (χ3n) is 4.04. The molecule has 2 aromatic rings. The molecular weight excluding hydrogens is 332 g/mol. The number of aryl methyl sites for hydroxylation is 4. The van der Waals surface area contributed by atoms with Gasteiger partial charge in [-0.05, 0) is 62.8 Å².